The second-order valence-corrected chi connectivity index (χ2v) is 6.54. The van der Waals surface area contributed by atoms with Gasteiger partial charge < -0.3 is 20.7 Å². The summed E-state index contributed by atoms with van der Waals surface area (Å²) in [7, 11) is 1.61. The molecule has 1 aliphatic heterocycles. The van der Waals surface area contributed by atoms with E-state index >= 15 is 0 Å². The van der Waals surface area contributed by atoms with Crippen molar-refractivity contribution in [3.63, 3.8) is 0 Å². The number of anilines is 1. The molecule has 1 heterocycles. The molecule has 2 aromatic carbocycles. The molecule has 0 radical (unpaired) electrons. The zero-order valence-electron chi connectivity index (χ0n) is 14.3. The SMILES string of the molecule is COc1ccc([C@@H]2CC(=O)NC[C@H]2NC(=O)Nc2ccc(Cl)cc2)cc1. The summed E-state index contributed by atoms with van der Waals surface area (Å²) in [6.45, 7) is 0.379. The molecule has 0 spiro atoms. The molecule has 2 aromatic rings. The third kappa shape index (κ3) is 4.46. The Kier molecular flexibility index (Phi) is 5.63. The van der Waals surface area contributed by atoms with E-state index in [2.05, 4.69) is 16.0 Å². The summed E-state index contributed by atoms with van der Waals surface area (Å²) >= 11 is 5.85. The topological polar surface area (TPSA) is 79.5 Å². The molecule has 0 aliphatic carbocycles. The molecule has 136 valence electrons. The number of halogens is 1. The Bertz CT molecular complexity index is 778. The van der Waals surface area contributed by atoms with Crippen LogP contribution >= 0.6 is 11.6 Å². The normalized spacial score (nSPS) is 19.4. The summed E-state index contributed by atoms with van der Waals surface area (Å²) in [6.07, 6.45) is 0.318. The molecule has 3 N–H and O–H groups in total. The van der Waals surface area contributed by atoms with Gasteiger partial charge in [-0.05, 0) is 42.0 Å². The number of nitrogens with one attached hydrogen (secondary N) is 3. The second kappa shape index (κ2) is 8.10. The molecule has 1 saturated heterocycles. The fraction of sp³-hybridized carbons (Fsp3) is 0.263. The van der Waals surface area contributed by atoms with Crippen LogP contribution in [0.5, 0.6) is 5.75 Å². The average molecular weight is 374 g/mol. The van der Waals surface area contributed by atoms with Crippen LogP contribution in [-0.2, 0) is 4.79 Å². The van der Waals surface area contributed by atoms with Gasteiger partial charge in [0.1, 0.15) is 5.75 Å². The van der Waals surface area contributed by atoms with E-state index in [0.717, 1.165) is 11.3 Å². The molecule has 3 amide bonds. The lowest BCUT2D eigenvalue weighted by molar-refractivity contribution is -0.123. The second-order valence-electron chi connectivity index (χ2n) is 6.10. The van der Waals surface area contributed by atoms with Gasteiger partial charge in [-0.2, -0.15) is 0 Å². The molecule has 3 rings (SSSR count). The van der Waals surface area contributed by atoms with Crippen molar-refractivity contribution < 1.29 is 14.3 Å². The Morgan fingerprint density at radius 3 is 2.50 bits per heavy atom. The Balaban J connectivity index is 1.69. The monoisotopic (exact) mass is 373 g/mol. The third-order valence-electron chi connectivity index (χ3n) is 4.37. The Morgan fingerprint density at radius 2 is 1.85 bits per heavy atom. The smallest absolute Gasteiger partial charge is 0.319 e. The highest BCUT2D eigenvalue weighted by atomic mass is 35.5. The maximum atomic E-state index is 12.3. The summed E-state index contributed by atoms with van der Waals surface area (Å²) in [5.74, 6) is 0.617. The Hall–Kier alpha value is -2.73. The van der Waals surface area contributed by atoms with Crippen LogP contribution in [0, 0.1) is 0 Å². The number of carbonyl (C=O) groups excluding carboxylic acids is 2. The van der Waals surface area contributed by atoms with E-state index in [1.165, 1.54) is 0 Å². The Labute approximate surface area is 156 Å². The molecule has 0 bridgehead atoms. The van der Waals surface area contributed by atoms with Gasteiger partial charge in [-0.3, -0.25) is 4.79 Å². The largest absolute Gasteiger partial charge is 0.497 e. The van der Waals surface area contributed by atoms with Crippen molar-refractivity contribution in [3.8, 4) is 5.75 Å². The highest BCUT2D eigenvalue weighted by molar-refractivity contribution is 6.30. The van der Waals surface area contributed by atoms with E-state index in [-0.39, 0.29) is 23.9 Å². The first kappa shape index (κ1) is 18.1. The van der Waals surface area contributed by atoms with Crippen molar-refractivity contribution in [1.29, 1.82) is 0 Å². The zero-order chi connectivity index (χ0) is 18.5. The molecule has 1 fully saturated rings. The van der Waals surface area contributed by atoms with Gasteiger partial charge in [0.05, 0.1) is 13.2 Å². The van der Waals surface area contributed by atoms with Gasteiger partial charge in [-0.1, -0.05) is 23.7 Å². The van der Waals surface area contributed by atoms with Gasteiger partial charge in [-0.15, -0.1) is 0 Å². The van der Waals surface area contributed by atoms with Crippen LogP contribution in [0.4, 0.5) is 10.5 Å². The Morgan fingerprint density at radius 1 is 1.15 bits per heavy atom. The number of ether oxygens (including phenoxy) is 1. The first-order valence-corrected chi connectivity index (χ1v) is 8.66. The van der Waals surface area contributed by atoms with Gasteiger partial charge in [0.25, 0.3) is 0 Å². The van der Waals surface area contributed by atoms with E-state index in [4.69, 9.17) is 16.3 Å². The maximum Gasteiger partial charge on any atom is 0.319 e. The number of piperidine rings is 1. The number of urea groups is 1. The number of hydrogen-bond acceptors (Lipinski definition) is 3. The summed E-state index contributed by atoms with van der Waals surface area (Å²) in [4.78, 5) is 24.2. The van der Waals surface area contributed by atoms with Crippen molar-refractivity contribution in [1.82, 2.24) is 10.6 Å². The molecule has 1 aliphatic rings. The molecule has 26 heavy (non-hydrogen) atoms. The first-order valence-electron chi connectivity index (χ1n) is 8.29. The summed E-state index contributed by atoms with van der Waals surface area (Å²) in [6, 6.07) is 13.9. The minimum atomic E-state index is -0.327. The molecule has 2 atom stereocenters. The molecule has 0 unspecified atom stereocenters. The fourth-order valence-corrected chi connectivity index (χ4v) is 3.13. The van der Waals surface area contributed by atoms with Gasteiger partial charge >= 0.3 is 6.03 Å². The number of rotatable bonds is 4. The van der Waals surface area contributed by atoms with E-state index in [1.807, 2.05) is 24.3 Å². The number of methoxy groups -OCH3 is 1. The van der Waals surface area contributed by atoms with Crippen molar-refractivity contribution in [2.75, 3.05) is 19.0 Å². The minimum Gasteiger partial charge on any atom is -0.497 e. The van der Waals surface area contributed by atoms with Crippen LogP contribution in [0.2, 0.25) is 5.02 Å². The lowest BCUT2D eigenvalue weighted by atomic mass is 9.85. The molecule has 0 saturated carbocycles. The van der Waals surface area contributed by atoms with Crippen molar-refractivity contribution in [3.05, 3.63) is 59.1 Å². The van der Waals surface area contributed by atoms with Crippen LogP contribution in [0.3, 0.4) is 0 Å². The molecule has 7 heteroatoms. The first-order chi connectivity index (χ1) is 12.5. The predicted molar refractivity (Wildman–Crippen MR) is 101 cm³/mol. The maximum absolute atomic E-state index is 12.3. The highest BCUT2D eigenvalue weighted by Gasteiger charge is 2.31. The third-order valence-corrected chi connectivity index (χ3v) is 4.62. The molecule has 6 nitrogen and oxygen atoms in total. The van der Waals surface area contributed by atoms with E-state index in [0.29, 0.717) is 23.7 Å². The highest BCUT2D eigenvalue weighted by Crippen LogP contribution is 2.28. The minimum absolute atomic E-state index is 0.0259. The number of benzene rings is 2. The van der Waals surface area contributed by atoms with E-state index < -0.39 is 0 Å². The van der Waals surface area contributed by atoms with Gasteiger partial charge in [0.2, 0.25) is 5.91 Å². The van der Waals surface area contributed by atoms with Gasteiger partial charge in [0.15, 0.2) is 0 Å². The average Bonchev–Trinajstić information content (AvgIpc) is 2.65. The summed E-state index contributed by atoms with van der Waals surface area (Å²) in [5, 5.41) is 9.14. The number of carbonyl (C=O) groups is 2. The van der Waals surface area contributed by atoms with Crippen LogP contribution in [0.15, 0.2) is 48.5 Å². The van der Waals surface area contributed by atoms with Crippen LogP contribution in [0.25, 0.3) is 0 Å². The molecular formula is C19H20ClN3O3. The molecule has 0 aromatic heterocycles. The van der Waals surface area contributed by atoms with Crippen molar-refractivity contribution in [2.24, 2.45) is 0 Å². The quantitative estimate of drug-likeness (QED) is 0.770. The predicted octanol–water partition coefficient (Wildman–Crippen LogP) is 3.14. The van der Waals surface area contributed by atoms with Crippen LogP contribution in [0.1, 0.15) is 17.9 Å². The lowest BCUT2D eigenvalue weighted by Crippen LogP contribution is -2.52. The summed E-state index contributed by atoms with van der Waals surface area (Å²) in [5.41, 5.74) is 1.63. The summed E-state index contributed by atoms with van der Waals surface area (Å²) < 4.78 is 5.18. The fourth-order valence-electron chi connectivity index (χ4n) is 3.00. The van der Waals surface area contributed by atoms with Crippen LogP contribution in [-0.4, -0.2) is 31.6 Å². The lowest BCUT2D eigenvalue weighted by Gasteiger charge is -2.32. The van der Waals surface area contributed by atoms with Gasteiger partial charge in [0, 0.05) is 29.6 Å². The van der Waals surface area contributed by atoms with Crippen molar-refractivity contribution in [2.45, 2.75) is 18.4 Å². The number of hydrogen-bond donors (Lipinski definition) is 3. The van der Waals surface area contributed by atoms with Crippen LogP contribution < -0.4 is 20.7 Å². The van der Waals surface area contributed by atoms with Gasteiger partial charge in [-0.25, -0.2) is 4.79 Å². The van der Waals surface area contributed by atoms with E-state index in [1.54, 1.807) is 31.4 Å². The van der Waals surface area contributed by atoms with E-state index in [9.17, 15) is 9.59 Å². The zero-order valence-corrected chi connectivity index (χ0v) is 15.0. The molecular weight excluding hydrogens is 354 g/mol. The van der Waals surface area contributed by atoms with Crippen molar-refractivity contribution >= 4 is 29.2 Å². The standard InChI is InChI=1S/C19H20ClN3O3/c1-26-15-8-2-12(3-9-15)16-10-18(24)21-11-17(16)23-19(25)22-14-6-4-13(20)5-7-14/h2-9,16-17H,10-11H2,1H3,(H,21,24)(H2,22,23,25)/t16-,17+/m0/s1. The number of amides is 3.